The summed E-state index contributed by atoms with van der Waals surface area (Å²) in [4.78, 5) is 0. The molecule has 0 amide bonds. The van der Waals surface area contributed by atoms with Crippen LogP contribution in [-0.4, -0.2) is 12.2 Å². The van der Waals surface area contributed by atoms with Crippen molar-refractivity contribution in [2.45, 2.75) is 36.9 Å². The van der Waals surface area contributed by atoms with Gasteiger partial charge in [0, 0.05) is 0 Å². The van der Waals surface area contributed by atoms with E-state index in [2.05, 4.69) is 24.3 Å². The predicted octanol–water partition coefficient (Wildman–Crippen LogP) is 2.92. The molecule has 0 radical (unpaired) electrons. The van der Waals surface area contributed by atoms with Gasteiger partial charge in [-0.25, -0.2) is 0 Å². The molecular formula is C18H16O. The summed E-state index contributed by atoms with van der Waals surface area (Å²) in [5, 5.41) is 0. The zero-order valence-electron chi connectivity index (χ0n) is 10.8. The second-order valence-electron chi connectivity index (χ2n) is 8.50. The predicted molar refractivity (Wildman–Crippen MR) is 68.6 cm³/mol. The number of epoxide rings is 1. The van der Waals surface area contributed by atoms with Crippen LogP contribution in [0.25, 0.3) is 0 Å². The molecule has 8 aliphatic rings. The minimum Gasteiger partial charge on any atom is -0.370 e. The second kappa shape index (κ2) is 1.94. The van der Waals surface area contributed by atoms with Crippen molar-refractivity contribution in [3.05, 3.63) is 35.4 Å². The maximum atomic E-state index is 5.96. The van der Waals surface area contributed by atoms with Gasteiger partial charge in [-0.2, -0.15) is 0 Å². The van der Waals surface area contributed by atoms with Crippen molar-refractivity contribution in [3.63, 3.8) is 0 Å². The van der Waals surface area contributed by atoms with Gasteiger partial charge in [-0.3, -0.25) is 0 Å². The van der Waals surface area contributed by atoms with Gasteiger partial charge in [0.05, 0.1) is 12.2 Å². The van der Waals surface area contributed by atoms with Crippen LogP contribution in [0, 0.1) is 34.5 Å². The summed E-state index contributed by atoms with van der Waals surface area (Å²) in [6, 6.07) is 9.51. The summed E-state index contributed by atoms with van der Waals surface area (Å²) in [6.45, 7) is 0. The van der Waals surface area contributed by atoms with E-state index in [0.717, 1.165) is 46.3 Å². The van der Waals surface area contributed by atoms with E-state index in [1.165, 1.54) is 12.8 Å². The van der Waals surface area contributed by atoms with Crippen LogP contribution in [0.4, 0.5) is 0 Å². The lowest BCUT2D eigenvalue weighted by Gasteiger charge is -2.50. The highest BCUT2D eigenvalue weighted by atomic mass is 16.6. The number of ether oxygens (including phenoxy) is 1. The van der Waals surface area contributed by atoms with Crippen LogP contribution < -0.4 is 0 Å². The van der Waals surface area contributed by atoms with E-state index in [1.54, 1.807) is 11.1 Å². The number of hydrogen-bond donors (Lipinski definition) is 0. The Balaban J connectivity index is 1.52. The van der Waals surface area contributed by atoms with Crippen LogP contribution >= 0.6 is 0 Å². The van der Waals surface area contributed by atoms with Crippen LogP contribution in [0.2, 0.25) is 0 Å². The summed E-state index contributed by atoms with van der Waals surface area (Å²) in [5.74, 6) is 6.34. The fourth-order valence-corrected chi connectivity index (χ4v) is 8.88. The molecule has 1 aromatic carbocycles. The van der Waals surface area contributed by atoms with Crippen molar-refractivity contribution in [1.82, 2.24) is 0 Å². The van der Waals surface area contributed by atoms with Gasteiger partial charge in [-0.15, -0.1) is 0 Å². The minimum absolute atomic E-state index is 0.667. The fourth-order valence-electron chi connectivity index (χ4n) is 8.88. The van der Waals surface area contributed by atoms with Gasteiger partial charge in [0.15, 0.2) is 0 Å². The molecule has 5 saturated carbocycles. The van der Waals surface area contributed by atoms with E-state index in [-0.39, 0.29) is 0 Å². The van der Waals surface area contributed by atoms with E-state index < -0.39 is 0 Å². The molecule has 19 heavy (non-hydrogen) atoms. The molecule has 1 saturated heterocycles. The Labute approximate surface area is 112 Å². The van der Waals surface area contributed by atoms with E-state index in [1.807, 2.05) is 0 Å². The summed E-state index contributed by atoms with van der Waals surface area (Å²) in [7, 11) is 0. The van der Waals surface area contributed by atoms with E-state index in [4.69, 9.17) is 4.74 Å². The molecule has 2 spiro atoms. The largest absolute Gasteiger partial charge is 0.370 e. The van der Waals surface area contributed by atoms with Gasteiger partial charge in [0.2, 0.25) is 0 Å². The van der Waals surface area contributed by atoms with Crippen molar-refractivity contribution in [2.75, 3.05) is 0 Å². The highest BCUT2D eigenvalue weighted by Crippen LogP contribution is 3.07. The Morgan fingerprint density at radius 3 is 2.00 bits per heavy atom. The van der Waals surface area contributed by atoms with Crippen LogP contribution in [-0.2, 0) is 4.74 Å². The van der Waals surface area contributed by atoms with Gasteiger partial charge in [-0.05, 0) is 70.3 Å². The zero-order valence-corrected chi connectivity index (χ0v) is 10.8. The molecule has 0 aromatic heterocycles. The molecule has 94 valence electrons. The number of benzene rings is 1. The van der Waals surface area contributed by atoms with Crippen LogP contribution in [0.15, 0.2) is 24.3 Å². The SMILES string of the molecule is c1ccc2c(c1)[C@@H]1[C@@H]3C4C5[C@@]16C[C@H]1O[C@@H]1C[C@]56[C@@H]2[C@H]43. The summed E-state index contributed by atoms with van der Waals surface area (Å²) in [6.07, 6.45) is 4.19. The summed E-state index contributed by atoms with van der Waals surface area (Å²) in [5.41, 5.74) is 5.00. The maximum absolute atomic E-state index is 5.96. The summed E-state index contributed by atoms with van der Waals surface area (Å²) >= 11 is 0. The molecule has 6 fully saturated rings. The Bertz CT molecular complexity index is 652. The lowest BCUT2D eigenvalue weighted by atomic mass is 9.53. The molecule has 2 bridgehead atoms. The average molecular weight is 248 g/mol. The molecule has 1 heteroatoms. The van der Waals surface area contributed by atoms with Crippen molar-refractivity contribution in [2.24, 2.45) is 34.5 Å². The number of rotatable bonds is 0. The van der Waals surface area contributed by atoms with E-state index >= 15 is 0 Å². The smallest absolute Gasteiger partial charge is 0.0848 e. The first-order valence-electron chi connectivity index (χ1n) is 8.14. The van der Waals surface area contributed by atoms with Crippen molar-refractivity contribution in [3.8, 4) is 0 Å². The molecule has 0 N–H and O–H groups in total. The van der Waals surface area contributed by atoms with Gasteiger partial charge < -0.3 is 4.74 Å². The van der Waals surface area contributed by atoms with Gasteiger partial charge in [0.1, 0.15) is 0 Å². The maximum Gasteiger partial charge on any atom is 0.0848 e. The lowest BCUT2D eigenvalue weighted by molar-refractivity contribution is 0.106. The molecule has 1 heterocycles. The Hall–Kier alpha value is -0.820. The topological polar surface area (TPSA) is 12.5 Å². The molecule has 1 aliphatic heterocycles. The Morgan fingerprint density at radius 2 is 1.42 bits per heavy atom. The lowest BCUT2D eigenvalue weighted by Crippen LogP contribution is -2.43. The molecule has 7 aliphatic carbocycles. The normalized spacial score (nSPS) is 73.1. The molecule has 10 atom stereocenters. The third-order valence-corrected chi connectivity index (χ3v) is 8.78. The molecule has 9 rings (SSSR count). The zero-order chi connectivity index (χ0) is 11.7. The molecule has 1 aromatic rings. The molecule has 2 unspecified atom stereocenters. The van der Waals surface area contributed by atoms with Crippen molar-refractivity contribution in [1.29, 1.82) is 0 Å². The third-order valence-electron chi connectivity index (χ3n) is 8.78. The molecule has 1 nitrogen and oxygen atoms in total. The Morgan fingerprint density at radius 1 is 0.842 bits per heavy atom. The molecular weight excluding hydrogens is 232 g/mol. The number of hydrogen-bond acceptors (Lipinski definition) is 1. The first-order valence-corrected chi connectivity index (χ1v) is 8.14. The highest BCUT2D eigenvalue weighted by Gasteiger charge is 3.02. The van der Waals surface area contributed by atoms with Crippen LogP contribution in [0.5, 0.6) is 0 Å². The first kappa shape index (κ1) is 8.46. The van der Waals surface area contributed by atoms with Crippen LogP contribution in [0.1, 0.15) is 35.8 Å². The standard InChI is InChI=1S/C18H16O/c1-2-4-8-7(3-1)14-11-12-13(11)16-17(14)5-9-10(19-9)6-18(16,17)15(8)12/h1-4,9-16H,5-6H2/t9-,10-,11+,12+,13?,14-,15+,16?,17-,18+/m1/s1. The van der Waals surface area contributed by atoms with E-state index in [0.29, 0.717) is 12.2 Å². The first-order chi connectivity index (χ1) is 9.39. The van der Waals surface area contributed by atoms with Gasteiger partial charge >= 0.3 is 0 Å². The Kier molecular flexibility index (Phi) is 0.863. The van der Waals surface area contributed by atoms with Gasteiger partial charge in [0.25, 0.3) is 0 Å². The second-order valence-corrected chi connectivity index (χ2v) is 8.50. The quantitative estimate of drug-likeness (QED) is 0.643. The fraction of sp³-hybridized carbons (Fsp3) is 0.667. The summed E-state index contributed by atoms with van der Waals surface area (Å²) < 4.78 is 5.96. The van der Waals surface area contributed by atoms with Crippen molar-refractivity contribution < 1.29 is 4.74 Å². The van der Waals surface area contributed by atoms with Gasteiger partial charge in [-0.1, -0.05) is 24.3 Å². The average Bonchev–Trinajstić information content (AvgIpc) is 3.33. The van der Waals surface area contributed by atoms with E-state index in [9.17, 15) is 0 Å². The third kappa shape index (κ3) is 0.521. The van der Waals surface area contributed by atoms with Crippen molar-refractivity contribution >= 4 is 0 Å². The van der Waals surface area contributed by atoms with Crippen LogP contribution in [0.3, 0.4) is 0 Å². The highest BCUT2D eigenvalue weighted by molar-refractivity contribution is 5.63. The monoisotopic (exact) mass is 248 g/mol. The number of fused-ring (bicyclic) bond motifs is 1. The minimum atomic E-state index is 0.667.